The molecule has 21 heavy (non-hydrogen) atoms. The first-order valence-corrected chi connectivity index (χ1v) is 6.79. The summed E-state index contributed by atoms with van der Waals surface area (Å²) in [6, 6.07) is 9.76. The van der Waals surface area contributed by atoms with Crippen LogP contribution in [0.3, 0.4) is 0 Å². The number of hydrogen-bond donors (Lipinski definition) is 5. The summed E-state index contributed by atoms with van der Waals surface area (Å²) in [5.41, 5.74) is 2.44. The Balaban J connectivity index is 1.93. The van der Waals surface area contributed by atoms with E-state index in [-0.39, 0.29) is 23.3 Å². The molecule has 1 heterocycles. The van der Waals surface area contributed by atoms with Crippen LogP contribution in [0.2, 0.25) is 0 Å². The number of hydrogen-bond acceptors (Lipinski definition) is 5. The Morgan fingerprint density at radius 2 is 1.57 bits per heavy atom. The number of phenolic OH excluding ortho intramolecular Hbond substituents is 3. The van der Waals surface area contributed by atoms with Gasteiger partial charge in [-0.15, -0.1) is 0 Å². The third-order valence-electron chi connectivity index (χ3n) is 3.85. The molecule has 5 nitrogen and oxygen atoms in total. The van der Waals surface area contributed by atoms with Gasteiger partial charge in [-0.05, 0) is 47.4 Å². The van der Waals surface area contributed by atoms with Gasteiger partial charge in [-0.25, -0.2) is 0 Å². The summed E-state index contributed by atoms with van der Waals surface area (Å²) in [5, 5.41) is 41.8. The minimum absolute atomic E-state index is 0.0700. The van der Waals surface area contributed by atoms with Crippen molar-refractivity contribution in [1.82, 2.24) is 5.32 Å². The second-order valence-corrected chi connectivity index (χ2v) is 5.32. The fourth-order valence-electron chi connectivity index (χ4n) is 2.72. The van der Waals surface area contributed by atoms with Crippen molar-refractivity contribution in [3.63, 3.8) is 0 Å². The number of aromatic hydroxyl groups is 3. The quantitative estimate of drug-likeness (QED) is 0.542. The molecule has 0 saturated heterocycles. The first kappa shape index (κ1) is 13.7. The highest BCUT2D eigenvalue weighted by atomic mass is 16.3. The number of fused-ring (bicyclic) bond motifs is 1. The van der Waals surface area contributed by atoms with Crippen molar-refractivity contribution in [2.75, 3.05) is 6.54 Å². The van der Waals surface area contributed by atoms with Gasteiger partial charge in [-0.2, -0.15) is 0 Å². The average molecular weight is 287 g/mol. The average Bonchev–Trinajstić information content (AvgIpc) is 2.46. The summed E-state index contributed by atoms with van der Waals surface area (Å²) in [6.45, 7) is 0.389. The standard InChI is InChI=1S/C16H17NO4/c18-10-3-1-9(2-4-10)5-13-11-6-14(19)15(20)7-12(11)16(21)8-17-13/h1-4,6-7,13,16-21H,5,8H2. The molecule has 110 valence electrons. The lowest BCUT2D eigenvalue weighted by atomic mass is 9.88. The molecule has 0 aliphatic carbocycles. The lowest BCUT2D eigenvalue weighted by Gasteiger charge is -2.30. The van der Waals surface area contributed by atoms with E-state index in [2.05, 4.69) is 5.32 Å². The van der Waals surface area contributed by atoms with Crippen molar-refractivity contribution < 1.29 is 20.4 Å². The van der Waals surface area contributed by atoms with Gasteiger partial charge in [0.15, 0.2) is 11.5 Å². The highest BCUT2D eigenvalue weighted by molar-refractivity contribution is 5.49. The van der Waals surface area contributed by atoms with Crippen molar-refractivity contribution >= 4 is 0 Å². The number of β-amino-alcohol motifs (C(OH)–C–C–N with tert-alkyl or cyclic N) is 1. The molecule has 2 unspecified atom stereocenters. The van der Waals surface area contributed by atoms with Crippen LogP contribution in [0.25, 0.3) is 0 Å². The lowest BCUT2D eigenvalue weighted by Crippen LogP contribution is -2.34. The Bertz CT molecular complexity index is 654. The van der Waals surface area contributed by atoms with Crippen LogP contribution in [-0.4, -0.2) is 27.0 Å². The van der Waals surface area contributed by atoms with E-state index in [1.807, 2.05) is 12.1 Å². The maximum atomic E-state index is 10.0. The molecular weight excluding hydrogens is 270 g/mol. The summed E-state index contributed by atoms with van der Waals surface area (Å²) in [6.07, 6.45) is -0.0490. The summed E-state index contributed by atoms with van der Waals surface area (Å²) in [4.78, 5) is 0. The highest BCUT2D eigenvalue weighted by Gasteiger charge is 2.27. The van der Waals surface area contributed by atoms with E-state index in [0.29, 0.717) is 18.5 Å². The molecule has 0 aromatic heterocycles. The Hall–Kier alpha value is -2.24. The lowest BCUT2D eigenvalue weighted by molar-refractivity contribution is 0.156. The number of aliphatic hydroxyl groups is 1. The van der Waals surface area contributed by atoms with Gasteiger partial charge in [0.25, 0.3) is 0 Å². The summed E-state index contributed by atoms with van der Waals surface area (Å²) >= 11 is 0. The van der Waals surface area contributed by atoms with E-state index < -0.39 is 6.10 Å². The fourth-order valence-corrected chi connectivity index (χ4v) is 2.72. The van der Waals surface area contributed by atoms with Crippen molar-refractivity contribution in [2.24, 2.45) is 0 Å². The van der Waals surface area contributed by atoms with Gasteiger partial charge in [0.2, 0.25) is 0 Å². The number of rotatable bonds is 2. The fraction of sp³-hybridized carbons (Fsp3) is 0.250. The van der Waals surface area contributed by atoms with Crippen LogP contribution >= 0.6 is 0 Å². The topological polar surface area (TPSA) is 93.0 Å². The molecule has 0 bridgehead atoms. The van der Waals surface area contributed by atoms with Crippen molar-refractivity contribution in [1.29, 1.82) is 0 Å². The van der Waals surface area contributed by atoms with E-state index >= 15 is 0 Å². The Labute approximate surface area is 122 Å². The zero-order chi connectivity index (χ0) is 15.0. The van der Waals surface area contributed by atoms with Gasteiger partial charge in [0.05, 0.1) is 6.10 Å². The van der Waals surface area contributed by atoms with E-state index in [0.717, 1.165) is 11.1 Å². The minimum atomic E-state index is -0.706. The zero-order valence-electron chi connectivity index (χ0n) is 11.3. The minimum Gasteiger partial charge on any atom is -0.508 e. The van der Waals surface area contributed by atoms with Crippen LogP contribution < -0.4 is 5.32 Å². The Kier molecular flexibility index (Phi) is 3.45. The van der Waals surface area contributed by atoms with Gasteiger partial charge in [-0.3, -0.25) is 0 Å². The van der Waals surface area contributed by atoms with Gasteiger partial charge >= 0.3 is 0 Å². The monoisotopic (exact) mass is 287 g/mol. The summed E-state index contributed by atoms with van der Waals surface area (Å²) in [7, 11) is 0. The van der Waals surface area contributed by atoms with Crippen LogP contribution in [-0.2, 0) is 6.42 Å². The number of nitrogens with one attached hydrogen (secondary N) is 1. The van der Waals surface area contributed by atoms with Crippen molar-refractivity contribution in [3.8, 4) is 17.2 Å². The van der Waals surface area contributed by atoms with Crippen molar-refractivity contribution in [3.05, 3.63) is 53.1 Å². The van der Waals surface area contributed by atoms with E-state index in [4.69, 9.17) is 0 Å². The molecule has 5 N–H and O–H groups in total. The third kappa shape index (κ3) is 2.66. The first-order chi connectivity index (χ1) is 10.0. The maximum Gasteiger partial charge on any atom is 0.157 e. The smallest absolute Gasteiger partial charge is 0.157 e. The second-order valence-electron chi connectivity index (χ2n) is 5.32. The SMILES string of the molecule is Oc1ccc(CC2NCC(O)c3cc(O)c(O)cc32)cc1. The molecule has 3 rings (SSSR count). The molecule has 0 saturated carbocycles. The van der Waals surface area contributed by atoms with Crippen LogP contribution in [0, 0.1) is 0 Å². The van der Waals surface area contributed by atoms with Gasteiger partial charge in [0.1, 0.15) is 5.75 Å². The molecule has 0 radical (unpaired) electrons. The van der Waals surface area contributed by atoms with Gasteiger partial charge < -0.3 is 25.7 Å². The first-order valence-electron chi connectivity index (χ1n) is 6.79. The van der Waals surface area contributed by atoms with Gasteiger partial charge in [-0.1, -0.05) is 12.1 Å². The largest absolute Gasteiger partial charge is 0.508 e. The van der Waals surface area contributed by atoms with Crippen LogP contribution in [0.4, 0.5) is 0 Å². The zero-order valence-corrected chi connectivity index (χ0v) is 11.3. The summed E-state index contributed by atoms with van der Waals surface area (Å²) in [5.74, 6) is -0.202. The van der Waals surface area contributed by atoms with Crippen molar-refractivity contribution in [2.45, 2.75) is 18.6 Å². The number of benzene rings is 2. The molecule has 1 aliphatic heterocycles. The molecular formula is C16H17NO4. The Morgan fingerprint density at radius 3 is 2.24 bits per heavy atom. The molecule has 2 atom stereocenters. The van der Waals surface area contributed by atoms with Crippen LogP contribution in [0.1, 0.15) is 28.8 Å². The molecule has 5 heteroatoms. The maximum absolute atomic E-state index is 10.0. The third-order valence-corrected chi connectivity index (χ3v) is 3.85. The second kappa shape index (κ2) is 5.27. The normalized spacial score (nSPS) is 21.0. The molecule has 1 aliphatic rings. The molecule has 2 aromatic carbocycles. The van der Waals surface area contributed by atoms with E-state index in [9.17, 15) is 20.4 Å². The predicted octanol–water partition coefficient (Wildman–Crippen LogP) is 1.72. The molecule has 0 amide bonds. The Morgan fingerprint density at radius 1 is 0.952 bits per heavy atom. The molecule has 0 spiro atoms. The van der Waals surface area contributed by atoms with E-state index in [1.165, 1.54) is 12.1 Å². The van der Waals surface area contributed by atoms with Crippen LogP contribution in [0.15, 0.2) is 36.4 Å². The van der Waals surface area contributed by atoms with Crippen LogP contribution in [0.5, 0.6) is 17.2 Å². The molecule has 0 fully saturated rings. The summed E-state index contributed by atoms with van der Waals surface area (Å²) < 4.78 is 0. The highest BCUT2D eigenvalue weighted by Crippen LogP contribution is 2.38. The number of phenols is 3. The molecule has 2 aromatic rings. The predicted molar refractivity (Wildman–Crippen MR) is 77.3 cm³/mol. The number of aliphatic hydroxyl groups excluding tert-OH is 1. The van der Waals surface area contributed by atoms with E-state index in [1.54, 1.807) is 12.1 Å². The van der Waals surface area contributed by atoms with Gasteiger partial charge in [0, 0.05) is 12.6 Å².